The van der Waals surface area contributed by atoms with Crippen molar-refractivity contribution >= 4 is 22.1 Å². The highest BCUT2D eigenvalue weighted by Crippen LogP contribution is 2.42. The van der Waals surface area contributed by atoms with Gasteiger partial charge in [-0.15, -0.1) is 11.3 Å². The molecule has 120 valence electrons. The molecule has 5 heteroatoms. The van der Waals surface area contributed by atoms with E-state index in [0.29, 0.717) is 0 Å². The van der Waals surface area contributed by atoms with Crippen LogP contribution < -0.4 is 14.8 Å². The van der Waals surface area contributed by atoms with Crippen LogP contribution in [0.15, 0.2) is 35.7 Å². The number of ether oxygens (including phenoxy) is 2. The molecule has 4 nitrogen and oxygen atoms in total. The fourth-order valence-electron chi connectivity index (χ4n) is 2.68. The molecule has 23 heavy (non-hydrogen) atoms. The number of likely N-dealkylation sites (N-methyl/N-ethyl adjacent to an activating group) is 1. The van der Waals surface area contributed by atoms with Crippen LogP contribution in [0.4, 0.5) is 0 Å². The Hall–Kier alpha value is -2.11. The van der Waals surface area contributed by atoms with E-state index in [1.54, 1.807) is 25.6 Å². The molecule has 1 N–H and O–H groups in total. The van der Waals surface area contributed by atoms with Gasteiger partial charge in [0.2, 0.25) is 0 Å². The van der Waals surface area contributed by atoms with Gasteiger partial charge >= 0.3 is 0 Å². The number of nitrogens with one attached hydrogen (secondary N) is 1. The van der Waals surface area contributed by atoms with Crippen LogP contribution in [0, 0.1) is 0 Å². The molecule has 2 aromatic carbocycles. The molecular formula is C18H20N2O2S. The summed E-state index contributed by atoms with van der Waals surface area (Å²) in [5.74, 6) is 1.60. The fourth-order valence-corrected chi connectivity index (χ4v) is 3.47. The average Bonchev–Trinajstić information content (AvgIpc) is 3.06. The van der Waals surface area contributed by atoms with E-state index in [-0.39, 0.29) is 0 Å². The van der Waals surface area contributed by atoms with E-state index in [4.69, 9.17) is 14.5 Å². The van der Waals surface area contributed by atoms with Crippen molar-refractivity contribution in [2.75, 3.05) is 27.8 Å². The Bertz CT molecular complexity index is 814. The number of aromatic nitrogens is 1. The van der Waals surface area contributed by atoms with Crippen LogP contribution in [0.3, 0.4) is 0 Å². The highest BCUT2D eigenvalue weighted by molar-refractivity contribution is 7.10. The quantitative estimate of drug-likeness (QED) is 0.748. The number of thiazole rings is 1. The van der Waals surface area contributed by atoms with E-state index in [0.717, 1.165) is 51.5 Å². The number of methoxy groups -OCH3 is 2. The van der Waals surface area contributed by atoms with Crippen LogP contribution >= 0.6 is 11.3 Å². The molecule has 0 saturated carbocycles. The predicted octanol–water partition coefficient (Wildman–Crippen LogP) is 3.74. The first-order valence-corrected chi connectivity index (χ1v) is 8.39. The zero-order chi connectivity index (χ0) is 16.2. The van der Waals surface area contributed by atoms with Gasteiger partial charge in [0.25, 0.3) is 0 Å². The van der Waals surface area contributed by atoms with Gasteiger partial charge in [-0.2, -0.15) is 0 Å². The molecule has 0 atom stereocenters. The van der Waals surface area contributed by atoms with Crippen LogP contribution in [0.5, 0.6) is 11.5 Å². The monoisotopic (exact) mass is 328 g/mol. The maximum Gasteiger partial charge on any atom is 0.132 e. The van der Waals surface area contributed by atoms with Gasteiger partial charge in [-0.25, -0.2) is 4.98 Å². The zero-order valence-corrected chi connectivity index (χ0v) is 14.4. The third-order valence-electron chi connectivity index (χ3n) is 3.81. The number of hydrogen-bond acceptors (Lipinski definition) is 5. The largest absolute Gasteiger partial charge is 0.496 e. The summed E-state index contributed by atoms with van der Waals surface area (Å²) in [5.41, 5.74) is 1.98. The van der Waals surface area contributed by atoms with E-state index >= 15 is 0 Å². The molecule has 0 radical (unpaired) electrons. The molecule has 0 aliphatic carbocycles. The molecule has 0 amide bonds. The first-order valence-electron chi connectivity index (χ1n) is 7.51. The van der Waals surface area contributed by atoms with Crippen LogP contribution in [0.2, 0.25) is 0 Å². The zero-order valence-electron chi connectivity index (χ0n) is 13.6. The number of hydrogen-bond donors (Lipinski definition) is 1. The van der Waals surface area contributed by atoms with Crippen LogP contribution in [0.25, 0.3) is 22.0 Å². The summed E-state index contributed by atoms with van der Waals surface area (Å²) < 4.78 is 11.1. The Morgan fingerprint density at radius 3 is 2.52 bits per heavy atom. The normalized spacial score (nSPS) is 10.9. The van der Waals surface area contributed by atoms with Crippen molar-refractivity contribution in [1.82, 2.24) is 10.3 Å². The molecule has 0 aliphatic rings. The van der Waals surface area contributed by atoms with Crippen molar-refractivity contribution in [2.24, 2.45) is 0 Å². The number of fused-ring (bicyclic) bond motifs is 1. The van der Waals surface area contributed by atoms with E-state index in [2.05, 4.69) is 22.8 Å². The minimum Gasteiger partial charge on any atom is -0.496 e. The smallest absolute Gasteiger partial charge is 0.132 e. The van der Waals surface area contributed by atoms with E-state index in [1.807, 2.05) is 25.2 Å². The van der Waals surface area contributed by atoms with Gasteiger partial charge in [-0.1, -0.05) is 24.3 Å². The molecule has 0 unspecified atom stereocenters. The van der Waals surface area contributed by atoms with Gasteiger partial charge in [0.05, 0.1) is 30.5 Å². The topological polar surface area (TPSA) is 43.4 Å². The standard InChI is InChI=1S/C18H20N2O2S/c1-19-9-8-17-20-14(11-23-17)18-13-7-5-4-6-12(13)15(21-2)10-16(18)22-3/h4-7,10-11,19H,8-9H2,1-3H3. The summed E-state index contributed by atoms with van der Waals surface area (Å²) in [6, 6.07) is 10.1. The Labute approximate surface area is 140 Å². The molecule has 1 heterocycles. The lowest BCUT2D eigenvalue weighted by atomic mass is 10.0. The second-order valence-electron chi connectivity index (χ2n) is 5.18. The molecule has 0 aliphatic heterocycles. The summed E-state index contributed by atoms with van der Waals surface area (Å²) in [5, 5.41) is 8.54. The maximum atomic E-state index is 5.61. The third kappa shape index (κ3) is 3.02. The molecule has 0 saturated heterocycles. The first kappa shape index (κ1) is 15.8. The van der Waals surface area contributed by atoms with Crippen molar-refractivity contribution in [2.45, 2.75) is 6.42 Å². The van der Waals surface area contributed by atoms with E-state index in [1.165, 1.54) is 0 Å². The second-order valence-corrected chi connectivity index (χ2v) is 6.12. The summed E-state index contributed by atoms with van der Waals surface area (Å²) in [7, 11) is 5.31. The number of rotatable bonds is 6. The predicted molar refractivity (Wildman–Crippen MR) is 95.8 cm³/mol. The van der Waals surface area contributed by atoms with Crippen molar-refractivity contribution in [3.05, 3.63) is 40.7 Å². The molecule has 0 bridgehead atoms. The molecule has 1 aromatic heterocycles. The van der Waals surface area contributed by atoms with E-state index < -0.39 is 0 Å². The molecule has 0 fully saturated rings. The van der Waals surface area contributed by atoms with Crippen molar-refractivity contribution in [3.8, 4) is 22.8 Å². The fraction of sp³-hybridized carbons (Fsp3) is 0.278. The van der Waals surface area contributed by atoms with Crippen molar-refractivity contribution < 1.29 is 9.47 Å². The van der Waals surface area contributed by atoms with Crippen LogP contribution in [-0.4, -0.2) is 32.8 Å². The lowest BCUT2D eigenvalue weighted by Crippen LogP contribution is -2.09. The van der Waals surface area contributed by atoms with Gasteiger partial charge < -0.3 is 14.8 Å². The summed E-state index contributed by atoms with van der Waals surface area (Å²) in [6.07, 6.45) is 0.928. The SMILES string of the molecule is CNCCc1nc(-c2c(OC)cc(OC)c3ccccc23)cs1. The average molecular weight is 328 g/mol. The van der Waals surface area contributed by atoms with Gasteiger partial charge in [0.15, 0.2) is 0 Å². The molecule has 3 rings (SSSR count). The highest BCUT2D eigenvalue weighted by atomic mass is 32.1. The summed E-state index contributed by atoms with van der Waals surface area (Å²) in [6.45, 7) is 0.924. The molecule has 0 spiro atoms. The Kier molecular flexibility index (Phi) is 4.79. The maximum absolute atomic E-state index is 5.61. The van der Waals surface area contributed by atoms with E-state index in [9.17, 15) is 0 Å². The van der Waals surface area contributed by atoms with Crippen molar-refractivity contribution in [3.63, 3.8) is 0 Å². The third-order valence-corrected chi connectivity index (χ3v) is 4.72. The Balaban J connectivity index is 2.17. The van der Waals surface area contributed by atoms with Gasteiger partial charge in [-0.05, 0) is 12.4 Å². The molecular weight excluding hydrogens is 308 g/mol. The first-order chi connectivity index (χ1) is 11.3. The van der Waals surface area contributed by atoms with Gasteiger partial charge in [-0.3, -0.25) is 0 Å². The van der Waals surface area contributed by atoms with Gasteiger partial charge in [0, 0.05) is 29.8 Å². The van der Waals surface area contributed by atoms with Crippen LogP contribution in [-0.2, 0) is 6.42 Å². The summed E-state index contributed by atoms with van der Waals surface area (Å²) in [4.78, 5) is 4.79. The van der Waals surface area contributed by atoms with Crippen molar-refractivity contribution in [1.29, 1.82) is 0 Å². The highest BCUT2D eigenvalue weighted by Gasteiger charge is 2.17. The minimum atomic E-state index is 0.783. The Morgan fingerprint density at radius 1 is 1.09 bits per heavy atom. The Morgan fingerprint density at radius 2 is 1.83 bits per heavy atom. The van der Waals surface area contributed by atoms with Gasteiger partial charge in [0.1, 0.15) is 11.5 Å². The summed E-state index contributed by atoms with van der Waals surface area (Å²) >= 11 is 1.68. The lowest BCUT2D eigenvalue weighted by molar-refractivity contribution is 0.399. The number of benzene rings is 2. The minimum absolute atomic E-state index is 0.783. The lowest BCUT2D eigenvalue weighted by Gasteiger charge is -2.14. The molecule has 3 aromatic rings. The second kappa shape index (κ2) is 6.98. The number of nitrogens with zero attached hydrogens (tertiary/aromatic N) is 1. The van der Waals surface area contributed by atoms with Crippen LogP contribution in [0.1, 0.15) is 5.01 Å².